The number of hydrogen-bond acceptors (Lipinski definition) is 3. The van der Waals surface area contributed by atoms with Gasteiger partial charge < -0.3 is 4.84 Å². The van der Waals surface area contributed by atoms with Crippen LogP contribution in [0.1, 0.15) is 17.3 Å². The summed E-state index contributed by atoms with van der Waals surface area (Å²) in [5.41, 5.74) is 0.484. The Bertz CT molecular complexity index is 359. The van der Waals surface area contributed by atoms with Gasteiger partial charge in [-0.25, -0.2) is 9.18 Å². The minimum Gasteiger partial charge on any atom is -0.364 e. The van der Waals surface area contributed by atoms with Gasteiger partial charge in [0.1, 0.15) is 6.17 Å². The van der Waals surface area contributed by atoms with Crippen LogP contribution in [0.25, 0.3) is 0 Å². The van der Waals surface area contributed by atoms with E-state index in [-0.39, 0.29) is 12.5 Å². The summed E-state index contributed by atoms with van der Waals surface area (Å²) in [6, 6.07) is 8.71. The molecule has 0 aromatic heterocycles. The van der Waals surface area contributed by atoms with Crippen LogP contribution >= 0.6 is 0 Å². The first kappa shape index (κ1) is 11.1. The molecule has 1 aromatic rings. The lowest BCUT2D eigenvalue weighted by Gasteiger charge is -2.14. The van der Waals surface area contributed by atoms with Gasteiger partial charge in [-0.15, -0.1) is 5.06 Å². The Labute approximate surface area is 93.8 Å². The second-order valence-corrected chi connectivity index (χ2v) is 4.09. The first-order chi connectivity index (χ1) is 7.66. The number of hydroxylamine groups is 2. The molecule has 0 amide bonds. The number of rotatable bonds is 2. The highest BCUT2D eigenvalue weighted by Crippen LogP contribution is 2.20. The Morgan fingerprint density at radius 2 is 2.06 bits per heavy atom. The van der Waals surface area contributed by atoms with E-state index in [0.717, 1.165) is 0 Å². The Kier molecular flexibility index (Phi) is 3.19. The third-order valence-electron chi connectivity index (χ3n) is 2.71. The lowest BCUT2D eigenvalue weighted by Crippen LogP contribution is -2.25. The molecule has 16 heavy (non-hydrogen) atoms. The number of benzene rings is 1. The van der Waals surface area contributed by atoms with Crippen LogP contribution in [-0.4, -0.2) is 30.3 Å². The van der Waals surface area contributed by atoms with Gasteiger partial charge in [-0.3, -0.25) is 0 Å². The van der Waals surface area contributed by atoms with Gasteiger partial charge in [0, 0.05) is 12.5 Å². The molecule has 0 spiro atoms. The molecule has 4 heteroatoms. The molecule has 1 saturated heterocycles. The van der Waals surface area contributed by atoms with Crippen molar-refractivity contribution < 1.29 is 14.0 Å². The van der Waals surface area contributed by atoms with Gasteiger partial charge in [-0.2, -0.15) is 0 Å². The molecule has 1 aliphatic rings. The molecule has 0 saturated carbocycles. The van der Waals surface area contributed by atoms with Crippen LogP contribution in [0.2, 0.25) is 0 Å². The standard InChI is InChI=1S/C12H14FNO2/c1-9-7-14(8-11(9)13)16-12(15)10-5-3-2-4-6-10/h2-6,9,11H,7-8H2,1H3/t9-,11-/m1/s1. The minimum atomic E-state index is -0.913. The summed E-state index contributed by atoms with van der Waals surface area (Å²) in [6.45, 7) is 2.43. The Morgan fingerprint density at radius 3 is 2.62 bits per heavy atom. The van der Waals surface area contributed by atoms with E-state index in [1.807, 2.05) is 6.07 Å². The van der Waals surface area contributed by atoms with E-state index >= 15 is 0 Å². The van der Waals surface area contributed by atoms with Gasteiger partial charge in [0.05, 0.1) is 12.1 Å². The molecule has 0 N–H and O–H groups in total. The van der Waals surface area contributed by atoms with Crippen molar-refractivity contribution in [1.82, 2.24) is 5.06 Å². The van der Waals surface area contributed by atoms with Gasteiger partial charge in [-0.1, -0.05) is 25.1 Å². The summed E-state index contributed by atoms with van der Waals surface area (Å²) >= 11 is 0. The molecule has 1 heterocycles. The quantitative estimate of drug-likeness (QED) is 0.768. The molecule has 0 aliphatic carbocycles. The third kappa shape index (κ3) is 2.39. The number of carbonyl (C=O) groups excluding carboxylic acids is 1. The molecule has 2 atom stereocenters. The highest BCUT2D eigenvalue weighted by atomic mass is 19.1. The van der Waals surface area contributed by atoms with Crippen LogP contribution in [0.4, 0.5) is 4.39 Å². The number of nitrogens with zero attached hydrogens (tertiary/aromatic N) is 1. The molecular formula is C12H14FNO2. The van der Waals surface area contributed by atoms with Crippen LogP contribution in [0.5, 0.6) is 0 Å². The first-order valence-corrected chi connectivity index (χ1v) is 5.33. The van der Waals surface area contributed by atoms with Crippen molar-refractivity contribution in [3.05, 3.63) is 35.9 Å². The van der Waals surface area contributed by atoms with Crippen molar-refractivity contribution in [2.75, 3.05) is 13.1 Å². The summed E-state index contributed by atoms with van der Waals surface area (Å²) in [5, 5.41) is 1.39. The molecule has 3 nitrogen and oxygen atoms in total. The third-order valence-corrected chi connectivity index (χ3v) is 2.71. The van der Waals surface area contributed by atoms with Crippen molar-refractivity contribution in [2.45, 2.75) is 13.1 Å². The monoisotopic (exact) mass is 223 g/mol. The molecule has 0 unspecified atom stereocenters. The fourth-order valence-corrected chi connectivity index (χ4v) is 1.70. The van der Waals surface area contributed by atoms with Crippen LogP contribution in [0, 0.1) is 5.92 Å². The van der Waals surface area contributed by atoms with Crippen LogP contribution in [-0.2, 0) is 4.84 Å². The molecule has 86 valence electrons. The van der Waals surface area contributed by atoms with Crippen molar-refractivity contribution in [3.8, 4) is 0 Å². The van der Waals surface area contributed by atoms with Gasteiger partial charge in [0.2, 0.25) is 0 Å². The minimum absolute atomic E-state index is 0.0800. The Balaban J connectivity index is 1.94. The number of alkyl halides is 1. The fraction of sp³-hybridized carbons (Fsp3) is 0.417. The zero-order chi connectivity index (χ0) is 11.5. The summed E-state index contributed by atoms with van der Waals surface area (Å²) < 4.78 is 13.2. The maximum atomic E-state index is 13.2. The molecule has 1 aromatic carbocycles. The predicted octanol–water partition coefficient (Wildman–Crippen LogP) is 2.05. The van der Waals surface area contributed by atoms with E-state index in [4.69, 9.17) is 4.84 Å². The molecule has 1 aliphatic heterocycles. The van der Waals surface area contributed by atoms with E-state index in [1.165, 1.54) is 5.06 Å². The van der Waals surface area contributed by atoms with E-state index in [0.29, 0.717) is 12.1 Å². The lowest BCUT2D eigenvalue weighted by molar-refractivity contribution is -0.0970. The van der Waals surface area contributed by atoms with Crippen LogP contribution in [0.3, 0.4) is 0 Å². The molecule has 2 rings (SSSR count). The van der Waals surface area contributed by atoms with Gasteiger partial charge in [0.25, 0.3) is 0 Å². The number of hydrogen-bond donors (Lipinski definition) is 0. The normalized spacial score (nSPS) is 25.6. The van der Waals surface area contributed by atoms with Crippen molar-refractivity contribution >= 4 is 5.97 Å². The van der Waals surface area contributed by atoms with Crippen LogP contribution < -0.4 is 0 Å². The van der Waals surface area contributed by atoms with E-state index in [1.54, 1.807) is 31.2 Å². The van der Waals surface area contributed by atoms with Crippen LogP contribution in [0.15, 0.2) is 30.3 Å². The molecule has 0 bridgehead atoms. The van der Waals surface area contributed by atoms with Gasteiger partial charge in [-0.05, 0) is 12.1 Å². The largest absolute Gasteiger partial charge is 0.364 e. The smallest absolute Gasteiger partial charge is 0.357 e. The maximum Gasteiger partial charge on any atom is 0.357 e. The summed E-state index contributed by atoms with van der Waals surface area (Å²) in [5.74, 6) is -0.509. The highest BCUT2D eigenvalue weighted by Gasteiger charge is 2.32. The summed E-state index contributed by atoms with van der Waals surface area (Å²) in [4.78, 5) is 16.7. The Morgan fingerprint density at radius 1 is 1.38 bits per heavy atom. The number of carbonyl (C=O) groups is 1. The first-order valence-electron chi connectivity index (χ1n) is 5.33. The summed E-state index contributed by atoms with van der Waals surface area (Å²) in [6.07, 6.45) is -0.913. The second-order valence-electron chi connectivity index (χ2n) is 4.09. The lowest BCUT2D eigenvalue weighted by atomic mass is 10.1. The van der Waals surface area contributed by atoms with E-state index in [2.05, 4.69) is 0 Å². The van der Waals surface area contributed by atoms with Crippen molar-refractivity contribution in [1.29, 1.82) is 0 Å². The molecule has 0 radical (unpaired) electrons. The zero-order valence-corrected chi connectivity index (χ0v) is 9.10. The van der Waals surface area contributed by atoms with Crippen molar-refractivity contribution in [2.24, 2.45) is 5.92 Å². The summed E-state index contributed by atoms with van der Waals surface area (Å²) in [7, 11) is 0. The maximum absolute atomic E-state index is 13.2. The van der Waals surface area contributed by atoms with Gasteiger partial charge >= 0.3 is 5.97 Å². The SMILES string of the molecule is C[C@@H]1CN(OC(=O)c2ccccc2)C[C@H]1F. The average molecular weight is 223 g/mol. The number of halogens is 1. The fourth-order valence-electron chi connectivity index (χ4n) is 1.70. The van der Waals surface area contributed by atoms with Crippen molar-refractivity contribution in [3.63, 3.8) is 0 Å². The highest BCUT2D eigenvalue weighted by molar-refractivity contribution is 5.89. The van der Waals surface area contributed by atoms with E-state index in [9.17, 15) is 9.18 Å². The molecular weight excluding hydrogens is 209 g/mol. The Hall–Kier alpha value is -1.42. The topological polar surface area (TPSA) is 29.5 Å². The zero-order valence-electron chi connectivity index (χ0n) is 9.10. The predicted molar refractivity (Wildman–Crippen MR) is 57.5 cm³/mol. The molecule has 1 fully saturated rings. The second kappa shape index (κ2) is 4.61. The van der Waals surface area contributed by atoms with E-state index < -0.39 is 12.1 Å². The average Bonchev–Trinajstić information content (AvgIpc) is 2.59. The van der Waals surface area contributed by atoms with Gasteiger partial charge in [0.15, 0.2) is 0 Å².